The summed E-state index contributed by atoms with van der Waals surface area (Å²) in [7, 11) is 1.87. The number of allylic oxidation sites excluding steroid dienone is 2. The van der Waals surface area contributed by atoms with Gasteiger partial charge in [0.25, 0.3) is 5.91 Å². The first kappa shape index (κ1) is 44.6. The molecule has 0 radical (unpaired) electrons. The number of benzene rings is 3. The molecule has 0 saturated heterocycles. The summed E-state index contributed by atoms with van der Waals surface area (Å²) in [6.45, 7) is 19.8. The van der Waals surface area contributed by atoms with Crippen LogP contribution in [0.15, 0.2) is 103 Å². The van der Waals surface area contributed by atoms with Gasteiger partial charge < -0.3 is 33.3 Å². The molecule has 6 rings (SSSR count). The molecule has 12 heteroatoms. The Hall–Kier alpha value is -5.94. The Morgan fingerprint density at radius 1 is 0.902 bits per heavy atom. The maximum atomic E-state index is 15.0. The molecule has 0 aliphatic carbocycles. The number of anilines is 1. The van der Waals surface area contributed by atoms with Crippen LogP contribution in [0, 0.1) is 6.92 Å². The number of hydrogen-bond donors (Lipinski definition) is 0. The molecule has 2 aliphatic heterocycles. The van der Waals surface area contributed by atoms with E-state index in [9.17, 15) is 14.4 Å². The lowest BCUT2D eigenvalue weighted by Gasteiger charge is -2.32. The van der Waals surface area contributed by atoms with E-state index in [1.165, 1.54) is 0 Å². The molecule has 322 valence electrons. The van der Waals surface area contributed by atoms with Crippen molar-refractivity contribution in [3.05, 3.63) is 136 Å². The van der Waals surface area contributed by atoms with Crippen LogP contribution in [0.1, 0.15) is 85.5 Å². The Labute approximate surface area is 364 Å². The lowest BCUT2D eigenvalue weighted by Crippen LogP contribution is -2.40. The molecule has 0 spiro atoms. The first-order chi connectivity index (χ1) is 28.9. The molecule has 11 nitrogen and oxygen atoms in total. The van der Waals surface area contributed by atoms with Crippen LogP contribution in [0.2, 0.25) is 5.02 Å². The molecule has 0 atom stereocenters. The largest absolute Gasteiger partial charge is 0.493 e. The third kappa shape index (κ3) is 11.1. The molecule has 0 fully saturated rings. The smallest absolute Gasteiger partial charge is 0.410 e. The molecule has 3 heterocycles. The summed E-state index contributed by atoms with van der Waals surface area (Å²) >= 11 is 6.50. The van der Waals surface area contributed by atoms with E-state index in [1.807, 2.05) is 127 Å². The average molecular weight is 849 g/mol. The van der Waals surface area contributed by atoms with E-state index in [-0.39, 0.29) is 12.0 Å². The number of carbonyl (C=O) groups excluding carboxylic acids is 3. The first-order valence-electron chi connectivity index (χ1n) is 20.6. The highest BCUT2D eigenvalue weighted by Gasteiger charge is 2.30. The highest BCUT2D eigenvalue weighted by molar-refractivity contribution is 6.31. The summed E-state index contributed by atoms with van der Waals surface area (Å²) in [5.74, 6) is 0.778. The number of ether oxygens (including phenoxy) is 4. The van der Waals surface area contributed by atoms with E-state index >= 15 is 0 Å². The predicted octanol–water partition coefficient (Wildman–Crippen LogP) is 10.3. The van der Waals surface area contributed by atoms with Crippen molar-refractivity contribution in [3.63, 3.8) is 0 Å². The van der Waals surface area contributed by atoms with Crippen molar-refractivity contribution < 1.29 is 33.3 Å². The summed E-state index contributed by atoms with van der Waals surface area (Å²) in [6.07, 6.45) is 8.73. The van der Waals surface area contributed by atoms with E-state index in [0.717, 1.165) is 29.0 Å². The minimum Gasteiger partial charge on any atom is -0.493 e. The quantitative estimate of drug-likeness (QED) is 0.0745. The number of aromatic nitrogens is 1. The standard InChI is InChI=1S/C49H57ClN4O7/c1-10-27-58-38-20-18-36(19-21-38)54(45(55)41-30-43(51(9)33(41)2)42-29-35(50)17-22-40(42)46(56)60-48(3,4)5)37-15-12-24-52(32-37)25-13-28-59-44-16-11-14-34-31-53(26-23-39(34)44)47(57)61-49(6,7)8/h10-12,14-22,24,29-30H,1,13,23,25-28,31-32H2,2-9H3. The molecule has 2 amide bonds. The molecule has 4 aromatic rings. The minimum absolute atomic E-state index is 0.233. The van der Waals surface area contributed by atoms with Gasteiger partial charge >= 0.3 is 12.1 Å². The second-order valence-corrected chi connectivity index (χ2v) is 17.7. The Morgan fingerprint density at radius 2 is 1.64 bits per heavy atom. The van der Waals surface area contributed by atoms with E-state index in [1.54, 1.807) is 34.1 Å². The molecule has 61 heavy (non-hydrogen) atoms. The molecule has 0 bridgehead atoms. The molecule has 1 aromatic heterocycles. The van der Waals surface area contributed by atoms with Gasteiger partial charge in [0.15, 0.2) is 0 Å². The summed E-state index contributed by atoms with van der Waals surface area (Å²) in [5, 5.41) is 0.453. The Bertz CT molecular complexity index is 2330. The predicted molar refractivity (Wildman–Crippen MR) is 240 cm³/mol. The number of halogens is 1. The summed E-state index contributed by atoms with van der Waals surface area (Å²) in [4.78, 5) is 46.8. The number of fused-ring (bicyclic) bond motifs is 1. The van der Waals surface area contributed by atoms with Gasteiger partial charge in [0.1, 0.15) is 29.3 Å². The van der Waals surface area contributed by atoms with Crippen LogP contribution in [0.25, 0.3) is 11.3 Å². The van der Waals surface area contributed by atoms with E-state index in [2.05, 4.69) is 11.5 Å². The van der Waals surface area contributed by atoms with Crippen LogP contribution in [-0.4, -0.2) is 76.4 Å². The molecular formula is C49H57ClN4O7. The van der Waals surface area contributed by atoms with Crippen molar-refractivity contribution in [1.82, 2.24) is 14.4 Å². The summed E-state index contributed by atoms with van der Waals surface area (Å²) in [6, 6.07) is 20.3. The third-order valence-corrected chi connectivity index (χ3v) is 10.5. The molecule has 2 aliphatic rings. The first-order valence-corrected chi connectivity index (χ1v) is 21.0. The number of esters is 1. The van der Waals surface area contributed by atoms with Gasteiger partial charge in [0.2, 0.25) is 0 Å². The maximum absolute atomic E-state index is 15.0. The fraction of sp³-hybridized carbons (Fsp3) is 0.367. The van der Waals surface area contributed by atoms with Gasteiger partial charge in [-0.1, -0.05) is 36.4 Å². The van der Waals surface area contributed by atoms with Crippen molar-refractivity contribution in [1.29, 1.82) is 0 Å². The van der Waals surface area contributed by atoms with Gasteiger partial charge in [-0.25, -0.2) is 9.59 Å². The zero-order valence-electron chi connectivity index (χ0n) is 36.5. The number of nitrogens with zero attached hydrogens (tertiary/aromatic N) is 4. The molecular weight excluding hydrogens is 792 g/mol. The maximum Gasteiger partial charge on any atom is 0.410 e. The van der Waals surface area contributed by atoms with Crippen LogP contribution in [-0.2, 0) is 29.5 Å². The number of rotatable bonds is 13. The topological polar surface area (TPSA) is 103 Å². The van der Waals surface area contributed by atoms with E-state index in [0.29, 0.717) is 90.4 Å². The highest BCUT2D eigenvalue weighted by atomic mass is 35.5. The lowest BCUT2D eigenvalue weighted by molar-refractivity contribution is 0.00694. The van der Waals surface area contributed by atoms with Crippen molar-refractivity contribution in [2.24, 2.45) is 7.05 Å². The SMILES string of the molecule is C=CCOc1ccc(N(C(=O)c2cc(-c3cc(Cl)ccc3C(=O)OC(C)(C)C)n(C)c2C)C2=CC=CN(CCCOc3cccc4c3CCN(C(=O)OC(C)(C)C)C4)C2)cc1. The fourth-order valence-electron chi connectivity index (χ4n) is 7.32. The van der Waals surface area contributed by atoms with Gasteiger partial charge in [-0.15, -0.1) is 0 Å². The normalized spacial score (nSPS) is 13.9. The number of amides is 2. The van der Waals surface area contributed by atoms with Gasteiger partial charge in [-0.05, 0) is 140 Å². The van der Waals surface area contributed by atoms with Gasteiger partial charge in [-0.3, -0.25) is 9.69 Å². The van der Waals surface area contributed by atoms with Crippen LogP contribution in [0.3, 0.4) is 0 Å². The number of carbonyl (C=O) groups is 3. The fourth-order valence-corrected chi connectivity index (χ4v) is 7.50. The van der Waals surface area contributed by atoms with Crippen molar-refractivity contribution >= 4 is 35.3 Å². The average Bonchev–Trinajstić information content (AvgIpc) is 3.50. The molecule has 0 unspecified atom stereocenters. The third-order valence-electron chi connectivity index (χ3n) is 10.3. The van der Waals surface area contributed by atoms with E-state index < -0.39 is 17.2 Å². The molecule has 0 N–H and O–H groups in total. The minimum atomic E-state index is -0.703. The second-order valence-electron chi connectivity index (χ2n) is 17.2. The van der Waals surface area contributed by atoms with Crippen molar-refractivity contribution in [2.75, 3.05) is 37.7 Å². The van der Waals surface area contributed by atoms with E-state index in [4.69, 9.17) is 30.5 Å². The Kier molecular flexibility index (Phi) is 13.7. The zero-order chi connectivity index (χ0) is 44.1. The van der Waals surface area contributed by atoms with Crippen LogP contribution >= 0.6 is 11.6 Å². The second kappa shape index (κ2) is 18.8. The van der Waals surface area contributed by atoms with Gasteiger partial charge in [0, 0.05) is 65.6 Å². The van der Waals surface area contributed by atoms with Gasteiger partial charge in [-0.2, -0.15) is 0 Å². The van der Waals surface area contributed by atoms with Crippen molar-refractivity contribution in [3.8, 4) is 22.8 Å². The van der Waals surface area contributed by atoms with Crippen LogP contribution in [0.4, 0.5) is 10.5 Å². The number of hydrogen-bond acceptors (Lipinski definition) is 8. The van der Waals surface area contributed by atoms with Gasteiger partial charge in [0.05, 0.1) is 24.3 Å². The highest BCUT2D eigenvalue weighted by Crippen LogP contribution is 2.35. The van der Waals surface area contributed by atoms with Crippen molar-refractivity contribution in [2.45, 2.75) is 79.1 Å². The summed E-state index contributed by atoms with van der Waals surface area (Å²) < 4.78 is 25.4. The van der Waals surface area contributed by atoms with Crippen LogP contribution < -0.4 is 14.4 Å². The zero-order valence-corrected chi connectivity index (χ0v) is 37.3. The Balaban J connectivity index is 1.20. The monoisotopic (exact) mass is 848 g/mol. The van der Waals surface area contributed by atoms with Crippen LogP contribution in [0.5, 0.6) is 11.5 Å². The molecule has 0 saturated carbocycles. The Morgan fingerprint density at radius 3 is 2.34 bits per heavy atom. The lowest BCUT2D eigenvalue weighted by atomic mass is 9.99. The molecule has 3 aromatic carbocycles. The summed E-state index contributed by atoms with van der Waals surface area (Å²) in [5.41, 5.74) is 5.12.